The average Bonchev–Trinajstić information content (AvgIpc) is 2.58. The summed E-state index contributed by atoms with van der Waals surface area (Å²) in [7, 11) is 0. The molecule has 0 aliphatic carbocycles. The molecule has 0 saturated carbocycles. The van der Waals surface area contributed by atoms with Crippen LogP contribution in [0.2, 0.25) is 0 Å². The van der Waals surface area contributed by atoms with Crippen molar-refractivity contribution in [3.8, 4) is 0 Å². The molecule has 23 heavy (non-hydrogen) atoms. The molecule has 3 rings (SSSR count). The lowest BCUT2D eigenvalue weighted by Crippen LogP contribution is -2.03. The van der Waals surface area contributed by atoms with Crippen LogP contribution in [0.15, 0.2) is 60.9 Å². The lowest BCUT2D eigenvalue weighted by Gasteiger charge is -2.10. The van der Waals surface area contributed by atoms with Crippen LogP contribution in [0.3, 0.4) is 0 Å². The van der Waals surface area contributed by atoms with Crippen LogP contribution < -0.4 is 10.6 Å². The van der Waals surface area contributed by atoms with E-state index in [1.807, 2.05) is 24.3 Å². The highest BCUT2D eigenvalue weighted by Crippen LogP contribution is 2.19. The lowest BCUT2D eigenvalue weighted by molar-refractivity contribution is 1.08. The fourth-order valence-corrected chi connectivity index (χ4v) is 2.28. The van der Waals surface area contributed by atoms with Crippen LogP contribution in [0.25, 0.3) is 0 Å². The number of rotatable bonds is 5. The monoisotopic (exact) mass is 304 g/mol. The Morgan fingerprint density at radius 3 is 2.39 bits per heavy atom. The van der Waals surface area contributed by atoms with Crippen LogP contribution in [-0.2, 0) is 6.54 Å². The average molecular weight is 304 g/mol. The molecular weight excluding hydrogens is 284 g/mol. The maximum Gasteiger partial charge on any atom is 0.135 e. The normalized spacial score (nSPS) is 10.3. The van der Waals surface area contributed by atoms with Crippen molar-refractivity contribution in [1.29, 1.82) is 0 Å². The predicted molar refractivity (Wildman–Crippen MR) is 95.0 cm³/mol. The molecule has 116 valence electrons. The number of benzene rings is 2. The van der Waals surface area contributed by atoms with Gasteiger partial charge in [0, 0.05) is 18.3 Å². The Labute approximate surface area is 136 Å². The Morgan fingerprint density at radius 2 is 1.61 bits per heavy atom. The summed E-state index contributed by atoms with van der Waals surface area (Å²) in [5, 5.41) is 6.64. The number of hydrogen-bond donors (Lipinski definition) is 2. The molecule has 1 aromatic heterocycles. The quantitative estimate of drug-likeness (QED) is 0.731. The van der Waals surface area contributed by atoms with Gasteiger partial charge in [-0.1, -0.05) is 36.4 Å². The molecule has 0 radical (unpaired) electrons. The summed E-state index contributed by atoms with van der Waals surface area (Å²) in [5.74, 6) is 1.58. The highest BCUT2D eigenvalue weighted by Gasteiger charge is 2.01. The standard InChI is InChI=1S/C19H20N4/c1-14-8-9-17(10-15(14)2)23-19-11-18(21-13-22-19)20-12-16-6-4-3-5-7-16/h3-11,13H,12H2,1-2H3,(H2,20,21,22,23). The molecule has 3 aromatic rings. The SMILES string of the molecule is Cc1ccc(Nc2cc(NCc3ccccc3)ncn2)cc1C. The van der Waals surface area contributed by atoms with Crippen LogP contribution in [0.4, 0.5) is 17.3 Å². The Balaban J connectivity index is 1.68. The van der Waals surface area contributed by atoms with Gasteiger partial charge < -0.3 is 10.6 Å². The van der Waals surface area contributed by atoms with Crippen LogP contribution in [-0.4, -0.2) is 9.97 Å². The molecule has 0 spiro atoms. The summed E-state index contributed by atoms with van der Waals surface area (Å²) >= 11 is 0. The van der Waals surface area contributed by atoms with Crippen molar-refractivity contribution >= 4 is 17.3 Å². The second-order valence-electron chi connectivity index (χ2n) is 5.55. The van der Waals surface area contributed by atoms with Gasteiger partial charge in [0.05, 0.1) is 0 Å². The van der Waals surface area contributed by atoms with Crippen LogP contribution in [0.5, 0.6) is 0 Å². The first-order chi connectivity index (χ1) is 11.2. The predicted octanol–water partition coefficient (Wildman–Crippen LogP) is 4.45. The third-order valence-electron chi connectivity index (χ3n) is 3.76. The third kappa shape index (κ3) is 4.07. The molecule has 0 atom stereocenters. The Morgan fingerprint density at radius 1 is 0.826 bits per heavy atom. The summed E-state index contributed by atoms with van der Waals surface area (Å²) in [4.78, 5) is 8.55. The number of nitrogens with one attached hydrogen (secondary N) is 2. The van der Waals surface area contributed by atoms with Gasteiger partial charge >= 0.3 is 0 Å². The molecule has 0 bridgehead atoms. The fraction of sp³-hybridized carbons (Fsp3) is 0.158. The molecule has 0 saturated heterocycles. The first kappa shape index (κ1) is 15.0. The van der Waals surface area contributed by atoms with Crippen molar-refractivity contribution in [2.24, 2.45) is 0 Å². The van der Waals surface area contributed by atoms with Gasteiger partial charge in [-0.2, -0.15) is 0 Å². The van der Waals surface area contributed by atoms with Gasteiger partial charge in [-0.25, -0.2) is 9.97 Å². The number of nitrogens with zero attached hydrogens (tertiary/aromatic N) is 2. The zero-order valence-corrected chi connectivity index (χ0v) is 13.4. The summed E-state index contributed by atoms with van der Waals surface area (Å²) < 4.78 is 0. The number of aryl methyl sites for hydroxylation is 2. The van der Waals surface area contributed by atoms with E-state index < -0.39 is 0 Å². The second-order valence-corrected chi connectivity index (χ2v) is 5.55. The van der Waals surface area contributed by atoms with Gasteiger partial charge in [0.15, 0.2) is 0 Å². The fourth-order valence-electron chi connectivity index (χ4n) is 2.28. The molecule has 0 fully saturated rings. The molecule has 4 nitrogen and oxygen atoms in total. The zero-order valence-electron chi connectivity index (χ0n) is 13.4. The molecule has 0 aliphatic heterocycles. The molecule has 0 amide bonds. The minimum atomic E-state index is 0.737. The van der Waals surface area contributed by atoms with E-state index in [0.717, 1.165) is 23.9 Å². The smallest absolute Gasteiger partial charge is 0.135 e. The summed E-state index contributed by atoms with van der Waals surface area (Å²) in [6, 6.07) is 18.4. The van der Waals surface area contributed by atoms with Gasteiger partial charge in [-0.05, 0) is 42.7 Å². The minimum Gasteiger partial charge on any atom is -0.366 e. The van der Waals surface area contributed by atoms with Crippen LogP contribution in [0, 0.1) is 13.8 Å². The summed E-state index contributed by atoms with van der Waals surface area (Å²) in [6.45, 7) is 4.95. The molecular formula is C19H20N4. The third-order valence-corrected chi connectivity index (χ3v) is 3.76. The van der Waals surface area contributed by atoms with Gasteiger partial charge in [0.1, 0.15) is 18.0 Å². The van der Waals surface area contributed by atoms with E-state index in [1.54, 1.807) is 6.33 Å². The first-order valence-corrected chi connectivity index (χ1v) is 7.65. The van der Waals surface area contributed by atoms with E-state index in [9.17, 15) is 0 Å². The zero-order chi connectivity index (χ0) is 16.1. The van der Waals surface area contributed by atoms with Crippen molar-refractivity contribution in [1.82, 2.24) is 9.97 Å². The van der Waals surface area contributed by atoms with Gasteiger partial charge in [0.25, 0.3) is 0 Å². The van der Waals surface area contributed by atoms with E-state index in [-0.39, 0.29) is 0 Å². The Hall–Kier alpha value is -2.88. The second kappa shape index (κ2) is 6.92. The topological polar surface area (TPSA) is 49.8 Å². The van der Waals surface area contributed by atoms with Gasteiger partial charge in [-0.15, -0.1) is 0 Å². The lowest BCUT2D eigenvalue weighted by atomic mass is 10.1. The van der Waals surface area contributed by atoms with E-state index in [0.29, 0.717) is 0 Å². The highest BCUT2D eigenvalue weighted by atomic mass is 15.1. The maximum absolute atomic E-state index is 4.28. The van der Waals surface area contributed by atoms with E-state index in [1.165, 1.54) is 16.7 Å². The van der Waals surface area contributed by atoms with Gasteiger partial charge in [0.2, 0.25) is 0 Å². The van der Waals surface area contributed by atoms with E-state index in [4.69, 9.17) is 0 Å². The van der Waals surface area contributed by atoms with E-state index >= 15 is 0 Å². The summed E-state index contributed by atoms with van der Waals surface area (Å²) in [6.07, 6.45) is 1.57. The first-order valence-electron chi connectivity index (χ1n) is 7.65. The Bertz CT molecular complexity index is 784. The molecule has 1 heterocycles. The molecule has 2 N–H and O–H groups in total. The van der Waals surface area contributed by atoms with Crippen molar-refractivity contribution in [2.75, 3.05) is 10.6 Å². The van der Waals surface area contributed by atoms with Crippen LogP contribution in [0.1, 0.15) is 16.7 Å². The molecule has 4 heteroatoms. The minimum absolute atomic E-state index is 0.737. The largest absolute Gasteiger partial charge is 0.366 e. The van der Waals surface area contributed by atoms with Crippen molar-refractivity contribution < 1.29 is 0 Å². The summed E-state index contributed by atoms with van der Waals surface area (Å²) in [5.41, 5.74) is 4.78. The van der Waals surface area contributed by atoms with Gasteiger partial charge in [-0.3, -0.25) is 0 Å². The number of anilines is 3. The number of hydrogen-bond acceptors (Lipinski definition) is 4. The van der Waals surface area contributed by atoms with E-state index in [2.05, 4.69) is 64.8 Å². The van der Waals surface area contributed by atoms with Crippen molar-refractivity contribution in [3.05, 3.63) is 77.6 Å². The molecule has 2 aromatic carbocycles. The van der Waals surface area contributed by atoms with Crippen molar-refractivity contribution in [2.45, 2.75) is 20.4 Å². The Kier molecular flexibility index (Phi) is 4.52. The molecule has 0 unspecified atom stereocenters. The van der Waals surface area contributed by atoms with Crippen LogP contribution >= 0.6 is 0 Å². The maximum atomic E-state index is 4.28. The molecule has 0 aliphatic rings. The van der Waals surface area contributed by atoms with Crippen molar-refractivity contribution in [3.63, 3.8) is 0 Å². The number of aromatic nitrogens is 2. The highest BCUT2D eigenvalue weighted by molar-refractivity contribution is 5.60.